The second-order valence-electron chi connectivity index (χ2n) is 18.0. The molecule has 4 aliphatic rings. The van der Waals surface area contributed by atoms with Crippen molar-refractivity contribution in [1.29, 1.82) is 0 Å². The average Bonchev–Trinajstić information content (AvgIpc) is 4.12. The van der Waals surface area contributed by atoms with E-state index in [1.54, 1.807) is 37.2 Å². The molecular formula is C46H53F2N9O7. The highest BCUT2D eigenvalue weighted by molar-refractivity contribution is 5.93. The van der Waals surface area contributed by atoms with Gasteiger partial charge in [0.1, 0.15) is 41.5 Å². The summed E-state index contributed by atoms with van der Waals surface area (Å²) in [6.45, 7) is 7.71. The number of hydrogen-bond acceptors (Lipinski definition) is 9. The third kappa shape index (κ3) is 7.39. The van der Waals surface area contributed by atoms with E-state index in [2.05, 4.69) is 30.2 Å². The minimum Gasteiger partial charge on any atom is -0.467 e. The summed E-state index contributed by atoms with van der Waals surface area (Å²) in [5, 5.41) is 6.15. The molecule has 338 valence electrons. The number of hydrogen-bond donors (Lipinski definition) is 4. The Morgan fingerprint density at radius 1 is 0.828 bits per heavy atom. The van der Waals surface area contributed by atoms with E-state index in [9.17, 15) is 23.6 Å². The lowest BCUT2D eigenvalue weighted by Crippen LogP contribution is -2.51. The van der Waals surface area contributed by atoms with Crippen LogP contribution in [0.2, 0.25) is 0 Å². The van der Waals surface area contributed by atoms with Gasteiger partial charge in [0.15, 0.2) is 5.72 Å². The molecule has 0 unspecified atom stereocenters. The lowest BCUT2D eigenvalue weighted by Gasteiger charge is -2.47. The highest BCUT2D eigenvalue weighted by Gasteiger charge is 2.48. The van der Waals surface area contributed by atoms with E-state index >= 15 is 4.39 Å². The van der Waals surface area contributed by atoms with Crippen molar-refractivity contribution in [2.45, 2.75) is 102 Å². The van der Waals surface area contributed by atoms with Crippen LogP contribution in [-0.2, 0) is 24.8 Å². The van der Waals surface area contributed by atoms with Crippen LogP contribution < -0.4 is 15.4 Å². The maximum atomic E-state index is 16.6. The van der Waals surface area contributed by atoms with Gasteiger partial charge >= 0.3 is 12.2 Å². The van der Waals surface area contributed by atoms with Gasteiger partial charge in [-0.25, -0.2) is 28.3 Å². The number of aromatic amines is 2. The van der Waals surface area contributed by atoms with Gasteiger partial charge in [-0.3, -0.25) is 9.59 Å². The first-order chi connectivity index (χ1) is 30.7. The second-order valence-corrected chi connectivity index (χ2v) is 18.0. The molecule has 16 nitrogen and oxygen atoms in total. The Balaban J connectivity index is 0.992. The molecule has 3 aliphatic heterocycles. The van der Waals surface area contributed by atoms with E-state index in [4.69, 9.17) is 19.2 Å². The van der Waals surface area contributed by atoms with Gasteiger partial charge in [0.2, 0.25) is 11.8 Å². The summed E-state index contributed by atoms with van der Waals surface area (Å²) < 4.78 is 50.0. The van der Waals surface area contributed by atoms with E-state index in [0.29, 0.717) is 46.5 Å². The molecule has 18 heteroatoms. The predicted octanol–water partition coefficient (Wildman–Crippen LogP) is 7.49. The second kappa shape index (κ2) is 16.6. The van der Waals surface area contributed by atoms with Gasteiger partial charge in [0, 0.05) is 42.3 Å². The zero-order chi connectivity index (χ0) is 45.2. The number of H-pyrrole nitrogens is 2. The molecule has 5 atom stereocenters. The molecule has 2 aromatic carbocycles. The first-order valence-corrected chi connectivity index (χ1v) is 21.9. The molecule has 2 saturated heterocycles. The number of nitrogens with one attached hydrogen (secondary N) is 4. The van der Waals surface area contributed by atoms with Crippen molar-refractivity contribution < 1.29 is 42.2 Å². The predicted molar refractivity (Wildman–Crippen MR) is 231 cm³/mol. The van der Waals surface area contributed by atoms with Gasteiger partial charge in [-0.2, -0.15) is 0 Å². The van der Waals surface area contributed by atoms with E-state index in [1.165, 1.54) is 25.2 Å². The molecule has 5 aromatic rings. The fourth-order valence-corrected chi connectivity index (χ4v) is 9.79. The van der Waals surface area contributed by atoms with Crippen molar-refractivity contribution in [3.63, 3.8) is 0 Å². The largest absolute Gasteiger partial charge is 0.467 e. The Hall–Kier alpha value is -6.46. The molecule has 64 heavy (non-hydrogen) atoms. The van der Waals surface area contributed by atoms with Crippen LogP contribution >= 0.6 is 0 Å². The van der Waals surface area contributed by atoms with Gasteiger partial charge in [-0.1, -0.05) is 33.8 Å². The molecule has 0 radical (unpaired) electrons. The number of imidazole rings is 2. The zero-order valence-electron chi connectivity index (χ0n) is 36.7. The fraction of sp³-hybridized carbons (Fsp3) is 0.478. The number of rotatable bonds is 10. The van der Waals surface area contributed by atoms with Crippen LogP contribution in [0.4, 0.5) is 18.4 Å². The maximum absolute atomic E-state index is 16.6. The Morgan fingerprint density at radius 3 is 2.06 bits per heavy atom. The first kappa shape index (κ1) is 42.8. The van der Waals surface area contributed by atoms with Crippen molar-refractivity contribution in [2.24, 2.45) is 11.8 Å². The number of benzene rings is 2. The quantitative estimate of drug-likeness (QED) is 0.110. The minimum atomic E-state index is -1.30. The maximum Gasteiger partial charge on any atom is 0.407 e. The molecule has 9 rings (SSSR count). The van der Waals surface area contributed by atoms with Crippen LogP contribution in [0.15, 0.2) is 48.8 Å². The Labute approximate surface area is 368 Å². The summed E-state index contributed by atoms with van der Waals surface area (Å²) in [6, 6.07) is 8.58. The summed E-state index contributed by atoms with van der Waals surface area (Å²) in [5.41, 5.74) is 3.81. The number of amides is 4. The highest BCUT2D eigenvalue weighted by Crippen LogP contribution is 2.54. The van der Waals surface area contributed by atoms with E-state index < -0.39 is 53.9 Å². The van der Waals surface area contributed by atoms with Gasteiger partial charge in [0.05, 0.1) is 73.4 Å². The third-order valence-corrected chi connectivity index (χ3v) is 13.3. The van der Waals surface area contributed by atoms with Gasteiger partial charge < -0.3 is 49.2 Å². The van der Waals surface area contributed by atoms with Crippen LogP contribution in [0.1, 0.15) is 90.0 Å². The molecule has 6 heterocycles. The minimum absolute atomic E-state index is 0.0102. The lowest BCUT2D eigenvalue weighted by atomic mass is 9.85. The number of likely N-dealkylation sites (tertiary alicyclic amines) is 2. The number of nitrogens with zero attached hydrogens (tertiary/aromatic N) is 5. The van der Waals surface area contributed by atoms with Crippen LogP contribution in [0.5, 0.6) is 5.75 Å². The van der Waals surface area contributed by atoms with Crippen molar-refractivity contribution in [3.8, 4) is 39.5 Å². The van der Waals surface area contributed by atoms with Crippen molar-refractivity contribution in [1.82, 2.24) is 44.9 Å². The zero-order valence-corrected chi connectivity index (χ0v) is 36.7. The van der Waals surface area contributed by atoms with Gasteiger partial charge in [-0.15, -0.1) is 0 Å². The number of aromatic nitrogens is 5. The highest BCUT2D eigenvalue weighted by atomic mass is 19.1. The number of ether oxygens (including phenoxy) is 3. The summed E-state index contributed by atoms with van der Waals surface area (Å²) in [4.78, 5) is 70.7. The monoisotopic (exact) mass is 881 g/mol. The Morgan fingerprint density at radius 2 is 1.45 bits per heavy atom. The van der Waals surface area contributed by atoms with Gasteiger partial charge in [0.25, 0.3) is 0 Å². The van der Waals surface area contributed by atoms with Crippen LogP contribution in [0.25, 0.3) is 44.7 Å². The van der Waals surface area contributed by atoms with E-state index in [0.717, 1.165) is 54.3 Å². The van der Waals surface area contributed by atoms with Crippen molar-refractivity contribution in [2.75, 3.05) is 27.3 Å². The molecule has 0 bridgehead atoms. The summed E-state index contributed by atoms with van der Waals surface area (Å²) in [5.74, 6) is -0.172. The van der Waals surface area contributed by atoms with Crippen molar-refractivity contribution in [3.05, 3.63) is 66.3 Å². The number of halogens is 2. The number of fused-ring (bicyclic) bond motifs is 6. The number of carbonyl (C=O) groups excluding carboxylic acids is 4. The molecule has 1 saturated carbocycles. The number of alkyl halides is 1. The van der Waals surface area contributed by atoms with Gasteiger partial charge in [-0.05, 0) is 61.4 Å². The average molecular weight is 882 g/mol. The SMILES string of the molecule is COC(=O)N[C@H](C(=O)N1CCC[C@H]1c1ncc(-c2ccc3c(c2)cc2n3C3(CCC3)Oc3cc(-c4cnc([C@@H]5C[C@@H](F)CN5C(=O)[C@@H](NC(=O)OC)C(C)C)[nH]4)cc(F)c3-2)[nH]1)C(C)C. The molecule has 1 aliphatic carbocycles. The van der Waals surface area contributed by atoms with E-state index in [-0.39, 0.29) is 36.8 Å². The molecule has 3 aromatic heterocycles. The molecule has 1 spiro atoms. The fourth-order valence-electron chi connectivity index (χ4n) is 9.79. The van der Waals surface area contributed by atoms with Crippen LogP contribution in [-0.4, -0.2) is 104 Å². The lowest BCUT2D eigenvalue weighted by molar-refractivity contribution is -0.136. The molecule has 4 N–H and O–H groups in total. The smallest absolute Gasteiger partial charge is 0.407 e. The van der Waals surface area contributed by atoms with E-state index in [1.807, 2.05) is 38.1 Å². The summed E-state index contributed by atoms with van der Waals surface area (Å²) >= 11 is 0. The first-order valence-electron chi connectivity index (χ1n) is 21.9. The number of methoxy groups -OCH3 is 2. The molecule has 4 amide bonds. The van der Waals surface area contributed by atoms with Crippen LogP contribution in [0.3, 0.4) is 0 Å². The van der Waals surface area contributed by atoms with Crippen LogP contribution in [0, 0.1) is 17.7 Å². The normalized spacial score (nSPS) is 20.8. The molecule has 3 fully saturated rings. The number of alkyl carbamates (subject to hydrolysis) is 2. The standard InChI is InChI=1S/C46H53F2N9O7/c1-23(2)38(53-44(60)62-5)42(58)55-14-7-9-33(55)40-49-20-30(51-40)25-10-11-32-27(15-25)17-34-37-29(48)16-26(18-36(37)64-46(57(32)34)12-8-13-46)31-21-50-41(52-31)35-19-28(47)22-56(35)43(59)39(24(3)4)54-45(61)63-6/h10-11,15-18,20-21,23-24,28,33,35,38-39H,7-9,12-14,19,22H2,1-6H3,(H,49,51)(H,50,52)(H,53,60)(H,54,61)/t28-,33+,35+,38+,39+/m1/s1. The summed E-state index contributed by atoms with van der Waals surface area (Å²) in [7, 11) is 2.48. The number of carbonyl (C=O) groups is 4. The Kier molecular flexibility index (Phi) is 11.1. The Bertz CT molecular complexity index is 2630. The van der Waals surface area contributed by atoms with Crippen molar-refractivity contribution >= 4 is 34.9 Å². The topological polar surface area (TPSA) is 189 Å². The third-order valence-electron chi connectivity index (χ3n) is 13.3. The summed E-state index contributed by atoms with van der Waals surface area (Å²) in [6.07, 6.45) is 4.52. The molecular weight excluding hydrogens is 829 g/mol.